The monoisotopic (exact) mass is 397 g/mol. The SMILES string of the molecule is Oc1nc(Nc2cccc(Br)c2)sc1C=C1C=Nc2ccccc21. The first kappa shape index (κ1) is 15.1. The van der Waals surface area contributed by atoms with Gasteiger partial charge in [-0.25, -0.2) is 0 Å². The van der Waals surface area contributed by atoms with E-state index in [0.717, 1.165) is 27.0 Å². The van der Waals surface area contributed by atoms with Crippen LogP contribution in [-0.2, 0) is 0 Å². The zero-order valence-electron chi connectivity index (χ0n) is 12.4. The smallest absolute Gasteiger partial charge is 0.231 e. The molecule has 0 fully saturated rings. The number of hydrogen-bond acceptors (Lipinski definition) is 5. The maximum absolute atomic E-state index is 10.1. The van der Waals surface area contributed by atoms with Gasteiger partial charge in [0.1, 0.15) is 0 Å². The zero-order valence-corrected chi connectivity index (χ0v) is 14.8. The first-order chi connectivity index (χ1) is 11.7. The molecule has 1 aliphatic rings. The third-order valence-corrected chi connectivity index (χ3v) is 4.96. The van der Waals surface area contributed by atoms with Gasteiger partial charge in [0.05, 0.1) is 10.6 Å². The summed E-state index contributed by atoms with van der Waals surface area (Å²) < 4.78 is 0.981. The summed E-state index contributed by atoms with van der Waals surface area (Å²) in [5.74, 6) is 0.0165. The molecule has 1 aromatic heterocycles. The van der Waals surface area contributed by atoms with Crippen LogP contribution in [-0.4, -0.2) is 16.3 Å². The molecule has 6 heteroatoms. The predicted octanol–water partition coefficient (Wildman–Crippen LogP) is 5.61. The summed E-state index contributed by atoms with van der Waals surface area (Å²) in [4.78, 5) is 9.27. The fraction of sp³-hybridized carbons (Fsp3) is 0. The van der Waals surface area contributed by atoms with E-state index in [9.17, 15) is 5.11 Å². The zero-order chi connectivity index (χ0) is 16.5. The van der Waals surface area contributed by atoms with Crippen LogP contribution in [0.2, 0.25) is 0 Å². The summed E-state index contributed by atoms with van der Waals surface area (Å²) in [6, 6.07) is 15.7. The molecule has 0 spiro atoms. The van der Waals surface area contributed by atoms with Crippen molar-refractivity contribution in [2.45, 2.75) is 0 Å². The summed E-state index contributed by atoms with van der Waals surface area (Å²) in [6.07, 6.45) is 3.72. The number of allylic oxidation sites excluding steroid dienone is 1. The van der Waals surface area contributed by atoms with Gasteiger partial charge in [-0.1, -0.05) is 51.5 Å². The first-order valence-electron chi connectivity index (χ1n) is 7.26. The summed E-state index contributed by atoms with van der Waals surface area (Å²) >= 11 is 4.83. The Balaban J connectivity index is 1.63. The fourth-order valence-electron chi connectivity index (χ4n) is 2.46. The Labute approximate surface area is 151 Å². The van der Waals surface area contributed by atoms with Gasteiger partial charge in [0.25, 0.3) is 0 Å². The third-order valence-electron chi connectivity index (χ3n) is 3.55. The molecule has 4 rings (SSSR count). The van der Waals surface area contributed by atoms with Crippen LogP contribution in [0.3, 0.4) is 0 Å². The van der Waals surface area contributed by atoms with Crippen molar-refractivity contribution in [3.63, 3.8) is 0 Å². The van der Waals surface area contributed by atoms with Crippen LogP contribution in [0.1, 0.15) is 10.4 Å². The number of nitrogens with one attached hydrogen (secondary N) is 1. The van der Waals surface area contributed by atoms with Crippen LogP contribution < -0.4 is 5.32 Å². The lowest BCUT2D eigenvalue weighted by atomic mass is 10.1. The number of para-hydroxylation sites is 1. The van der Waals surface area contributed by atoms with Gasteiger partial charge >= 0.3 is 0 Å². The molecule has 2 heterocycles. The highest BCUT2D eigenvalue weighted by molar-refractivity contribution is 9.10. The Morgan fingerprint density at radius 3 is 2.88 bits per heavy atom. The minimum Gasteiger partial charge on any atom is -0.492 e. The van der Waals surface area contributed by atoms with Crippen LogP contribution in [0.25, 0.3) is 11.6 Å². The quantitative estimate of drug-likeness (QED) is 0.603. The van der Waals surface area contributed by atoms with Gasteiger partial charge in [0.2, 0.25) is 5.88 Å². The number of aliphatic imine (C=N–C) groups is 1. The van der Waals surface area contributed by atoms with Crippen molar-refractivity contribution in [1.82, 2.24) is 4.98 Å². The molecule has 1 aliphatic heterocycles. The van der Waals surface area contributed by atoms with E-state index in [1.807, 2.05) is 60.8 Å². The second kappa shape index (κ2) is 6.22. The number of thiazole rings is 1. The van der Waals surface area contributed by atoms with E-state index in [0.29, 0.717) is 10.0 Å². The molecule has 0 saturated carbocycles. The Morgan fingerprint density at radius 1 is 1.12 bits per heavy atom. The molecule has 0 radical (unpaired) electrons. The van der Waals surface area contributed by atoms with Crippen molar-refractivity contribution in [2.24, 2.45) is 4.99 Å². The number of hydrogen-bond donors (Lipinski definition) is 2. The van der Waals surface area contributed by atoms with E-state index in [2.05, 4.69) is 31.2 Å². The summed E-state index contributed by atoms with van der Waals surface area (Å²) in [5.41, 5.74) is 3.88. The van der Waals surface area contributed by atoms with Gasteiger partial charge in [0.15, 0.2) is 5.13 Å². The lowest BCUT2D eigenvalue weighted by molar-refractivity contribution is 0.457. The van der Waals surface area contributed by atoms with Gasteiger partial charge < -0.3 is 10.4 Å². The molecule has 0 unspecified atom stereocenters. The van der Waals surface area contributed by atoms with Gasteiger partial charge in [-0.2, -0.15) is 4.98 Å². The maximum Gasteiger partial charge on any atom is 0.231 e. The van der Waals surface area contributed by atoms with Crippen molar-refractivity contribution in [3.8, 4) is 5.88 Å². The van der Waals surface area contributed by atoms with Crippen molar-refractivity contribution >= 4 is 61.6 Å². The Morgan fingerprint density at radius 2 is 2.00 bits per heavy atom. The molecule has 0 atom stereocenters. The topological polar surface area (TPSA) is 57.5 Å². The van der Waals surface area contributed by atoms with E-state index < -0.39 is 0 Å². The van der Waals surface area contributed by atoms with Crippen molar-refractivity contribution in [3.05, 3.63) is 63.4 Å². The number of fused-ring (bicyclic) bond motifs is 1. The molecular weight excluding hydrogens is 386 g/mol. The van der Waals surface area contributed by atoms with Crippen molar-refractivity contribution in [1.29, 1.82) is 0 Å². The van der Waals surface area contributed by atoms with Gasteiger partial charge in [-0.15, -0.1) is 0 Å². The van der Waals surface area contributed by atoms with E-state index in [4.69, 9.17) is 0 Å². The van der Waals surface area contributed by atoms with Crippen LogP contribution in [0.5, 0.6) is 5.88 Å². The molecule has 3 aromatic rings. The van der Waals surface area contributed by atoms with Gasteiger partial charge in [-0.05, 0) is 30.3 Å². The number of halogens is 1. The normalized spacial score (nSPS) is 14.1. The van der Waals surface area contributed by atoms with Gasteiger partial charge in [0, 0.05) is 27.5 Å². The molecule has 0 amide bonds. The van der Waals surface area contributed by atoms with Crippen molar-refractivity contribution < 1.29 is 5.11 Å². The lowest BCUT2D eigenvalue weighted by Crippen LogP contribution is -1.88. The second-order valence-corrected chi connectivity index (χ2v) is 7.16. The fourth-order valence-corrected chi connectivity index (χ4v) is 3.69. The highest BCUT2D eigenvalue weighted by Crippen LogP contribution is 2.37. The third kappa shape index (κ3) is 2.98. The molecular formula is C18H12BrN3OS. The standard InChI is InChI=1S/C18H12BrN3OS/c19-12-4-3-5-13(9-12)21-18-22-17(23)16(24-18)8-11-10-20-15-7-2-1-6-14(11)15/h1-10,23H,(H,21,22). The first-order valence-corrected chi connectivity index (χ1v) is 8.87. The minimum atomic E-state index is 0.0165. The summed E-state index contributed by atoms with van der Waals surface area (Å²) in [6.45, 7) is 0. The number of benzene rings is 2. The highest BCUT2D eigenvalue weighted by atomic mass is 79.9. The number of anilines is 2. The molecule has 4 nitrogen and oxygen atoms in total. The number of aromatic hydroxyl groups is 1. The number of rotatable bonds is 3. The highest BCUT2D eigenvalue weighted by Gasteiger charge is 2.14. The van der Waals surface area contributed by atoms with E-state index in [-0.39, 0.29) is 5.88 Å². The molecule has 24 heavy (non-hydrogen) atoms. The predicted molar refractivity (Wildman–Crippen MR) is 104 cm³/mol. The average molecular weight is 398 g/mol. The summed E-state index contributed by atoms with van der Waals surface area (Å²) in [5, 5.41) is 14.0. The molecule has 118 valence electrons. The minimum absolute atomic E-state index is 0.0165. The molecule has 2 N–H and O–H groups in total. The molecule has 0 aliphatic carbocycles. The van der Waals surface area contributed by atoms with E-state index in [1.165, 1.54) is 11.3 Å². The number of nitrogens with zero attached hydrogens (tertiary/aromatic N) is 2. The summed E-state index contributed by atoms with van der Waals surface area (Å²) in [7, 11) is 0. The Hall–Kier alpha value is -2.44. The average Bonchev–Trinajstić information content (AvgIpc) is 3.12. The Bertz CT molecular complexity index is 978. The van der Waals surface area contributed by atoms with E-state index >= 15 is 0 Å². The Kier molecular flexibility index (Phi) is 3.92. The molecule has 2 aromatic carbocycles. The number of aromatic nitrogens is 1. The molecule has 0 saturated heterocycles. The second-order valence-electron chi connectivity index (χ2n) is 5.22. The van der Waals surface area contributed by atoms with Crippen LogP contribution in [0.4, 0.5) is 16.5 Å². The van der Waals surface area contributed by atoms with Crippen LogP contribution in [0, 0.1) is 0 Å². The van der Waals surface area contributed by atoms with Crippen LogP contribution >= 0.6 is 27.3 Å². The molecule has 0 bridgehead atoms. The van der Waals surface area contributed by atoms with E-state index in [1.54, 1.807) is 0 Å². The lowest BCUT2D eigenvalue weighted by Gasteiger charge is -2.01. The largest absolute Gasteiger partial charge is 0.492 e. The van der Waals surface area contributed by atoms with Gasteiger partial charge in [-0.3, -0.25) is 4.99 Å². The van der Waals surface area contributed by atoms with Crippen molar-refractivity contribution in [2.75, 3.05) is 5.32 Å². The maximum atomic E-state index is 10.1. The van der Waals surface area contributed by atoms with Crippen LogP contribution in [0.15, 0.2) is 58.0 Å².